The highest BCUT2D eigenvalue weighted by Crippen LogP contribution is 2.33. The van der Waals surface area contributed by atoms with E-state index in [1.165, 1.54) is 0 Å². The quantitative estimate of drug-likeness (QED) is 0.888. The summed E-state index contributed by atoms with van der Waals surface area (Å²) in [5, 5.41) is 9.86. The molecule has 24 heavy (non-hydrogen) atoms. The van der Waals surface area contributed by atoms with Crippen LogP contribution in [0.25, 0.3) is 0 Å². The lowest BCUT2D eigenvalue weighted by Gasteiger charge is -2.33. The van der Waals surface area contributed by atoms with E-state index in [2.05, 4.69) is 16.9 Å². The normalized spacial score (nSPS) is 19.6. The molecule has 0 atom stereocenters. The number of aromatic carboxylic acids is 1. The first-order valence-electron chi connectivity index (χ1n) is 7.95. The molecular weight excluding hydrogens is 328 g/mol. The molecule has 1 saturated carbocycles. The number of aryl methyl sites for hydroxylation is 1. The van der Waals surface area contributed by atoms with E-state index in [9.17, 15) is 9.90 Å². The second-order valence-electron chi connectivity index (χ2n) is 6.31. The minimum atomic E-state index is -1.16. The Morgan fingerprint density at radius 1 is 1.33 bits per heavy atom. The maximum Gasteiger partial charge on any atom is 0.374 e. The summed E-state index contributed by atoms with van der Waals surface area (Å²) in [6.45, 7) is 3.94. The lowest BCUT2D eigenvalue weighted by atomic mass is 9.84. The molecule has 6 heteroatoms. The average Bonchev–Trinajstić information content (AvgIpc) is 2.50. The van der Waals surface area contributed by atoms with E-state index in [1.807, 2.05) is 24.3 Å². The van der Waals surface area contributed by atoms with Crippen LogP contribution in [0.2, 0.25) is 5.02 Å². The molecule has 1 aliphatic carbocycles. The molecule has 0 amide bonds. The topological polar surface area (TPSA) is 72.3 Å². The van der Waals surface area contributed by atoms with Crippen molar-refractivity contribution in [3.8, 4) is 5.88 Å². The molecule has 0 spiro atoms. The predicted molar refractivity (Wildman–Crippen MR) is 90.8 cm³/mol. The van der Waals surface area contributed by atoms with E-state index in [0.717, 1.165) is 24.0 Å². The van der Waals surface area contributed by atoms with Gasteiger partial charge >= 0.3 is 5.97 Å². The van der Waals surface area contributed by atoms with Gasteiger partial charge in [0.2, 0.25) is 11.7 Å². The number of halogens is 1. The van der Waals surface area contributed by atoms with Crippen LogP contribution in [0.3, 0.4) is 0 Å². The van der Waals surface area contributed by atoms with E-state index >= 15 is 0 Å². The van der Waals surface area contributed by atoms with Crippen LogP contribution in [0.15, 0.2) is 24.3 Å². The predicted octanol–water partition coefficient (Wildman–Crippen LogP) is 3.90. The lowest BCUT2D eigenvalue weighted by Crippen LogP contribution is -2.33. The molecule has 126 valence electrons. The number of hydrogen-bond donors (Lipinski definition) is 1. The van der Waals surface area contributed by atoms with E-state index in [-0.39, 0.29) is 11.9 Å². The zero-order valence-electron chi connectivity index (χ0n) is 13.6. The minimum Gasteiger partial charge on any atom is -0.475 e. The van der Waals surface area contributed by atoms with Gasteiger partial charge in [-0.3, -0.25) is 0 Å². The second kappa shape index (κ2) is 6.77. The van der Waals surface area contributed by atoms with E-state index < -0.39 is 5.97 Å². The van der Waals surface area contributed by atoms with E-state index in [4.69, 9.17) is 16.3 Å². The molecule has 1 heterocycles. The monoisotopic (exact) mass is 346 g/mol. The van der Waals surface area contributed by atoms with Crippen LogP contribution < -0.4 is 4.74 Å². The number of ether oxygens (including phenoxy) is 1. The van der Waals surface area contributed by atoms with Gasteiger partial charge in [-0.25, -0.2) is 9.78 Å². The van der Waals surface area contributed by atoms with Crippen molar-refractivity contribution >= 4 is 17.6 Å². The molecular formula is C18H19ClN2O3. The lowest BCUT2D eigenvalue weighted by molar-refractivity contribution is 0.0632. The summed E-state index contributed by atoms with van der Waals surface area (Å²) >= 11 is 6.25. The molecule has 1 aliphatic rings. The summed E-state index contributed by atoms with van der Waals surface area (Å²) in [5.41, 5.74) is 2.32. The first-order valence-corrected chi connectivity index (χ1v) is 8.32. The summed E-state index contributed by atoms with van der Waals surface area (Å²) < 4.78 is 5.98. The van der Waals surface area contributed by atoms with Crippen molar-refractivity contribution < 1.29 is 14.6 Å². The number of carboxylic acids is 1. The van der Waals surface area contributed by atoms with Crippen LogP contribution in [0.4, 0.5) is 0 Å². The van der Waals surface area contributed by atoms with Crippen LogP contribution in [0, 0.1) is 12.8 Å². The summed E-state index contributed by atoms with van der Waals surface area (Å²) in [6, 6.07) is 7.54. The molecule has 1 aromatic heterocycles. The van der Waals surface area contributed by atoms with Gasteiger partial charge in [0.05, 0.1) is 0 Å². The number of rotatable bonds is 5. The summed E-state index contributed by atoms with van der Waals surface area (Å²) in [4.78, 5) is 19.5. The average molecular weight is 347 g/mol. The molecule has 0 unspecified atom stereocenters. The van der Waals surface area contributed by atoms with Gasteiger partial charge in [0.15, 0.2) is 0 Å². The third-order valence-electron chi connectivity index (χ3n) is 4.30. The maximum absolute atomic E-state index is 11.2. The van der Waals surface area contributed by atoms with Gasteiger partial charge in [0.25, 0.3) is 0 Å². The Labute approximate surface area is 145 Å². The molecule has 1 fully saturated rings. The Balaban J connectivity index is 1.96. The number of carboxylic acid groups (broad SMARTS) is 1. The Kier molecular flexibility index (Phi) is 4.71. The molecule has 3 rings (SSSR count). The highest BCUT2D eigenvalue weighted by molar-refractivity contribution is 6.31. The standard InChI is InChI=1S/C18H19ClN2O3/c1-10-7-13(8-10)24-17-14(9-12-5-3-4-6-15(12)19)11(2)20-16(21-17)18(22)23/h3-6,10,13H,7-9H2,1-2H3,(H,22,23). The third-order valence-corrected chi connectivity index (χ3v) is 4.67. The molecule has 0 bridgehead atoms. The Hall–Kier alpha value is -2.14. The van der Waals surface area contributed by atoms with Crippen molar-refractivity contribution in [3.63, 3.8) is 0 Å². The van der Waals surface area contributed by atoms with Crippen molar-refractivity contribution in [3.05, 3.63) is 51.9 Å². The fraction of sp³-hybridized carbons (Fsp3) is 0.389. The van der Waals surface area contributed by atoms with Gasteiger partial charge in [-0.05, 0) is 37.3 Å². The van der Waals surface area contributed by atoms with Gasteiger partial charge in [-0.15, -0.1) is 0 Å². The SMILES string of the molecule is Cc1nc(C(=O)O)nc(OC2CC(C)C2)c1Cc1ccccc1Cl. The van der Waals surface area contributed by atoms with Crippen molar-refractivity contribution in [1.82, 2.24) is 9.97 Å². The molecule has 0 radical (unpaired) electrons. The fourth-order valence-corrected chi connectivity index (χ4v) is 3.08. The molecule has 0 saturated heterocycles. The van der Waals surface area contributed by atoms with Crippen molar-refractivity contribution in [2.24, 2.45) is 5.92 Å². The molecule has 1 N–H and O–H groups in total. The van der Waals surface area contributed by atoms with Gasteiger partial charge in [-0.1, -0.05) is 36.7 Å². The van der Waals surface area contributed by atoms with Crippen LogP contribution in [-0.4, -0.2) is 27.1 Å². The maximum atomic E-state index is 11.2. The highest BCUT2D eigenvalue weighted by Gasteiger charge is 2.29. The molecule has 5 nitrogen and oxygen atoms in total. The van der Waals surface area contributed by atoms with Gasteiger partial charge < -0.3 is 9.84 Å². The Bertz CT molecular complexity index is 773. The van der Waals surface area contributed by atoms with Crippen LogP contribution >= 0.6 is 11.6 Å². The number of carbonyl (C=O) groups is 1. The van der Waals surface area contributed by atoms with E-state index in [1.54, 1.807) is 6.92 Å². The molecule has 1 aromatic carbocycles. The fourth-order valence-electron chi connectivity index (χ4n) is 2.88. The van der Waals surface area contributed by atoms with Crippen LogP contribution in [0.5, 0.6) is 5.88 Å². The third kappa shape index (κ3) is 3.51. The number of nitrogens with zero attached hydrogens (tertiary/aromatic N) is 2. The number of benzene rings is 1. The summed E-state index contributed by atoms with van der Waals surface area (Å²) in [6.07, 6.45) is 2.50. The summed E-state index contributed by atoms with van der Waals surface area (Å²) in [7, 11) is 0. The first kappa shape index (κ1) is 16.7. The molecule has 0 aliphatic heterocycles. The van der Waals surface area contributed by atoms with Crippen molar-refractivity contribution in [1.29, 1.82) is 0 Å². The minimum absolute atomic E-state index is 0.0842. The van der Waals surface area contributed by atoms with Crippen LogP contribution in [-0.2, 0) is 6.42 Å². The Morgan fingerprint density at radius 2 is 2.04 bits per heavy atom. The number of aromatic nitrogens is 2. The highest BCUT2D eigenvalue weighted by atomic mass is 35.5. The number of hydrogen-bond acceptors (Lipinski definition) is 4. The molecule has 2 aromatic rings. The Morgan fingerprint density at radius 3 is 2.67 bits per heavy atom. The largest absolute Gasteiger partial charge is 0.475 e. The van der Waals surface area contributed by atoms with Crippen LogP contribution in [0.1, 0.15) is 47.2 Å². The van der Waals surface area contributed by atoms with Gasteiger partial charge in [-0.2, -0.15) is 4.98 Å². The van der Waals surface area contributed by atoms with Crippen molar-refractivity contribution in [2.75, 3.05) is 0 Å². The summed E-state index contributed by atoms with van der Waals surface area (Å²) in [5.74, 6) is -0.410. The van der Waals surface area contributed by atoms with Gasteiger partial charge in [0.1, 0.15) is 6.10 Å². The smallest absolute Gasteiger partial charge is 0.374 e. The van der Waals surface area contributed by atoms with E-state index in [0.29, 0.717) is 28.9 Å². The zero-order valence-corrected chi connectivity index (χ0v) is 14.4. The first-order chi connectivity index (χ1) is 11.4. The van der Waals surface area contributed by atoms with Crippen molar-refractivity contribution in [2.45, 2.75) is 39.2 Å². The van der Waals surface area contributed by atoms with Gasteiger partial charge in [0, 0.05) is 22.7 Å². The zero-order chi connectivity index (χ0) is 17.3. The second-order valence-corrected chi connectivity index (χ2v) is 6.71.